The molecule has 1 rings (SSSR count). The van der Waals surface area contributed by atoms with Crippen LogP contribution in [-0.2, 0) is 4.57 Å². The molecule has 74 valence electrons. The van der Waals surface area contributed by atoms with E-state index in [4.69, 9.17) is 0 Å². The predicted molar refractivity (Wildman–Crippen MR) is 56.0 cm³/mol. The molecule has 0 aromatic heterocycles. The standard InChI is InChI=1S/C10H17O2P/c1-4-13(11,12)9-5-7-10(2,3)8-6-9/h5-7H,4,8H2,1-3H3,(H,11,12). The fourth-order valence-corrected chi connectivity index (χ4v) is 2.31. The van der Waals surface area contributed by atoms with E-state index in [1.54, 1.807) is 13.0 Å². The van der Waals surface area contributed by atoms with Gasteiger partial charge in [-0.15, -0.1) is 0 Å². The van der Waals surface area contributed by atoms with Gasteiger partial charge in [0.25, 0.3) is 0 Å². The van der Waals surface area contributed by atoms with Crippen LogP contribution in [0.4, 0.5) is 0 Å². The summed E-state index contributed by atoms with van der Waals surface area (Å²) in [6.45, 7) is 5.98. The zero-order chi connectivity index (χ0) is 10.1. The van der Waals surface area contributed by atoms with E-state index in [2.05, 4.69) is 13.8 Å². The molecule has 0 spiro atoms. The molecule has 0 bridgehead atoms. The number of allylic oxidation sites excluding steroid dienone is 4. The number of hydrogen-bond acceptors (Lipinski definition) is 1. The lowest BCUT2D eigenvalue weighted by molar-refractivity contribution is 0.473. The van der Waals surface area contributed by atoms with Gasteiger partial charge in [-0.05, 0) is 11.8 Å². The van der Waals surface area contributed by atoms with Crippen molar-refractivity contribution in [2.24, 2.45) is 5.41 Å². The highest BCUT2D eigenvalue weighted by atomic mass is 31.2. The third kappa shape index (κ3) is 2.55. The van der Waals surface area contributed by atoms with Crippen LogP contribution >= 0.6 is 7.37 Å². The number of rotatable bonds is 2. The summed E-state index contributed by atoms with van der Waals surface area (Å²) in [4.78, 5) is 9.55. The molecule has 13 heavy (non-hydrogen) atoms. The fraction of sp³-hybridized carbons (Fsp3) is 0.600. The molecule has 1 N–H and O–H groups in total. The highest BCUT2D eigenvalue weighted by molar-refractivity contribution is 7.62. The zero-order valence-electron chi connectivity index (χ0n) is 8.45. The maximum absolute atomic E-state index is 11.6. The van der Waals surface area contributed by atoms with Crippen molar-refractivity contribution in [1.29, 1.82) is 0 Å². The Hall–Kier alpha value is -0.330. The molecule has 1 aliphatic rings. The molecule has 0 fully saturated rings. The Morgan fingerprint density at radius 1 is 1.62 bits per heavy atom. The molecule has 0 saturated carbocycles. The minimum Gasteiger partial charge on any atom is -0.341 e. The van der Waals surface area contributed by atoms with Gasteiger partial charge in [0.05, 0.1) is 0 Å². The second-order valence-electron chi connectivity index (χ2n) is 4.17. The molecule has 2 nitrogen and oxygen atoms in total. The van der Waals surface area contributed by atoms with Crippen LogP contribution in [0.1, 0.15) is 27.2 Å². The smallest absolute Gasteiger partial charge is 0.229 e. The van der Waals surface area contributed by atoms with Crippen molar-refractivity contribution in [3.8, 4) is 0 Å². The third-order valence-electron chi connectivity index (χ3n) is 2.37. The van der Waals surface area contributed by atoms with Gasteiger partial charge in [-0.1, -0.05) is 39.0 Å². The third-order valence-corrected chi connectivity index (χ3v) is 4.37. The molecule has 0 aromatic rings. The maximum atomic E-state index is 11.6. The van der Waals surface area contributed by atoms with Crippen LogP contribution in [0.25, 0.3) is 0 Å². The summed E-state index contributed by atoms with van der Waals surface area (Å²) in [5.74, 6) is 0. The Morgan fingerprint density at radius 3 is 2.62 bits per heavy atom. The van der Waals surface area contributed by atoms with Crippen LogP contribution in [-0.4, -0.2) is 11.1 Å². The Labute approximate surface area is 79.8 Å². The van der Waals surface area contributed by atoms with Gasteiger partial charge in [-0.3, -0.25) is 4.57 Å². The molecule has 0 aromatic carbocycles. The Kier molecular flexibility index (Phi) is 2.84. The molecule has 1 atom stereocenters. The highest BCUT2D eigenvalue weighted by Gasteiger charge is 2.24. The van der Waals surface area contributed by atoms with Crippen molar-refractivity contribution in [3.05, 3.63) is 23.5 Å². The van der Waals surface area contributed by atoms with Crippen molar-refractivity contribution in [2.75, 3.05) is 6.16 Å². The molecular weight excluding hydrogens is 183 g/mol. The topological polar surface area (TPSA) is 37.3 Å². The Morgan fingerprint density at radius 2 is 2.23 bits per heavy atom. The second-order valence-corrected chi connectivity index (χ2v) is 6.72. The van der Waals surface area contributed by atoms with Crippen LogP contribution in [0.2, 0.25) is 0 Å². The van der Waals surface area contributed by atoms with Crippen LogP contribution < -0.4 is 0 Å². The van der Waals surface area contributed by atoms with Crippen LogP contribution in [0.15, 0.2) is 23.5 Å². The van der Waals surface area contributed by atoms with Crippen molar-refractivity contribution in [2.45, 2.75) is 27.2 Å². The minimum absolute atomic E-state index is 0.136. The average Bonchev–Trinajstić information content (AvgIpc) is 2.04. The molecule has 0 heterocycles. The summed E-state index contributed by atoms with van der Waals surface area (Å²) in [7, 11) is -3.03. The quantitative estimate of drug-likeness (QED) is 0.695. The van der Waals surface area contributed by atoms with E-state index >= 15 is 0 Å². The normalized spacial score (nSPS) is 25.1. The van der Waals surface area contributed by atoms with Crippen LogP contribution in [0, 0.1) is 5.41 Å². The van der Waals surface area contributed by atoms with Crippen molar-refractivity contribution >= 4 is 7.37 Å². The van der Waals surface area contributed by atoms with Gasteiger partial charge in [0.15, 0.2) is 0 Å². The molecule has 0 saturated heterocycles. The summed E-state index contributed by atoms with van der Waals surface area (Å²) >= 11 is 0. The van der Waals surface area contributed by atoms with Crippen molar-refractivity contribution in [1.82, 2.24) is 0 Å². The lowest BCUT2D eigenvalue weighted by Gasteiger charge is -2.24. The summed E-state index contributed by atoms with van der Waals surface area (Å²) in [6, 6.07) is 0. The SMILES string of the molecule is CCP(=O)(O)C1=CCC(C)(C)C=C1. The van der Waals surface area contributed by atoms with E-state index < -0.39 is 7.37 Å². The van der Waals surface area contributed by atoms with Gasteiger partial charge >= 0.3 is 0 Å². The van der Waals surface area contributed by atoms with Gasteiger partial charge < -0.3 is 4.89 Å². The van der Waals surface area contributed by atoms with Gasteiger partial charge in [-0.25, -0.2) is 0 Å². The first-order valence-corrected chi connectivity index (χ1v) is 6.44. The average molecular weight is 200 g/mol. The summed E-state index contributed by atoms with van der Waals surface area (Å²) in [6.07, 6.45) is 6.88. The molecule has 1 unspecified atom stereocenters. The van der Waals surface area contributed by atoms with Crippen LogP contribution in [0.3, 0.4) is 0 Å². The van der Waals surface area contributed by atoms with E-state index in [1.807, 2.05) is 12.2 Å². The Bertz CT molecular complexity index is 300. The van der Waals surface area contributed by atoms with Gasteiger partial charge in [0.2, 0.25) is 7.37 Å². The summed E-state index contributed by atoms with van der Waals surface area (Å²) in [5.41, 5.74) is 0.136. The minimum atomic E-state index is -3.03. The van der Waals surface area contributed by atoms with Gasteiger partial charge in [-0.2, -0.15) is 0 Å². The van der Waals surface area contributed by atoms with Crippen molar-refractivity contribution < 1.29 is 9.46 Å². The summed E-state index contributed by atoms with van der Waals surface area (Å²) in [5, 5.41) is 0.620. The van der Waals surface area contributed by atoms with Crippen molar-refractivity contribution in [3.63, 3.8) is 0 Å². The number of hydrogen-bond donors (Lipinski definition) is 1. The maximum Gasteiger partial charge on any atom is 0.229 e. The predicted octanol–water partition coefficient (Wildman–Crippen LogP) is 3.15. The van der Waals surface area contributed by atoms with Crippen LogP contribution in [0.5, 0.6) is 0 Å². The monoisotopic (exact) mass is 200 g/mol. The van der Waals surface area contributed by atoms with E-state index in [0.29, 0.717) is 11.5 Å². The molecule has 1 aliphatic carbocycles. The first kappa shape index (κ1) is 10.7. The first-order chi connectivity index (χ1) is 5.87. The highest BCUT2D eigenvalue weighted by Crippen LogP contribution is 2.52. The zero-order valence-corrected chi connectivity index (χ0v) is 9.34. The largest absolute Gasteiger partial charge is 0.341 e. The second kappa shape index (κ2) is 3.43. The molecule has 3 heteroatoms. The van der Waals surface area contributed by atoms with E-state index in [1.165, 1.54) is 0 Å². The van der Waals surface area contributed by atoms with E-state index in [-0.39, 0.29) is 5.41 Å². The summed E-state index contributed by atoms with van der Waals surface area (Å²) < 4.78 is 11.6. The Balaban J connectivity index is 2.85. The molecule has 0 aliphatic heterocycles. The first-order valence-electron chi connectivity index (χ1n) is 4.59. The fourth-order valence-electron chi connectivity index (χ4n) is 1.26. The van der Waals surface area contributed by atoms with E-state index in [9.17, 15) is 9.46 Å². The van der Waals surface area contributed by atoms with E-state index in [0.717, 1.165) is 6.42 Å². The van der Waals surface area contributed by atoms with Gasteiger partial charge in [0, 0.05) is 11.5 Å². The molecule has 0 amide bonds. The molecular formula is C10H17O2P. The van der Waals surface area contributed by atoms with Gasteiger partial charge in [0.1, 0.15) is 0 Å². The lowest BCUT2D eigenvalue weighted by atomic mass is 9.86. The lowest BCUT2D eigenvalue weighted by Crippen LogP contribution is -2.09. The molecule has 0 radical (unpaired) electrons.